The third-order valence-electron chi connectivity index (χ3n) is 2.74. The van der Waals surface area contributed by atoms with Crippen molar-refractivity contribution in [1.29, 1.82) is 0 Å². The van der Waals surface area contributed by atoms with E-state index in [1.54, 1.807) is 0 Å². The highest BCUT2D eigenvalue weighted by atomic mass is 79.9. The molecule has 0 spiro atoms. The van der Waals surface area contributed by atoms with Gasteiger partial charge in [-0.25, -0.2) is 9.59 Å². The number of ether oxygens (including phenoxy) is 2. The maximum atomic E-state index is 11.8. The first-order valence-corrected chi connectivity index (χ1v) is 7.67. The van der Waals surface area contributed by atoms with Gasteiger partial charge in [-0.15, -0.1) is 0 Å². The fourth-order valence-electron chi connectivity index (χ4n) is 1.69. The van der Waals surface area contributed by atoms with Gasteiger partial charge in [0.1, 0.15) is 0 Å². The molecule has 112 valence electrons. The number of anilines is 1. The van der Waals surface area contributed by atoms with Gasteiger partial charge in [-0.1, -0.05) is 15.9 Å². The van der Waals surface area contributed by atoms with Crippen LogP contribution in [0.25, 0.3) is 0 Å². The van der Waals surface area contributed by atoms with E-state index in [0.717, 1.165) is 14.5 Å². The normalized spacial score (nSPS) is 17.1. The lowest BCUT2D eigenvalue weighted by atomic mass is 10.2. The lowest BCUT2D eigenvalue weighted by molar-refractivity contribution is -0.222. The number of rotatable bonds is 2. The Morgan fingerprint density at radius 1 is 1.10 bits per heavy atom. The summed E-state index contributed by atoms with van der Waals surface area (Å²) in [6, 6.07) is 3.74. The number of carbonyl (C=O) groups is 2. The molecule has 21 heavy (non-hydrogen) atoms. The highest BCUT2D eigenvalue weighted by molar-refractivity contribution is 9.11. The van der Waals surface area contributed by atoms with Crippen LogP contribution in [0, 0.1) is 6.92 Å². The zero-order chi connectivity index (χ0) is 15.8. The average Bonchev–Trinajstić information content (AvgIpc) is 2.32. The first-order valence-electron chi connectivity index (χ1n) is 6.08. The van der Waals surface area contributed by atoms with Crippen molar-refractivity contribution in [2.24, 2.45) is 0 Å². The highest BCUT2D eigenvalue weighted by Gasteiger charge is 2.38. The maximum Gasteiger partial charge on any atom is 0.350 e. The number of aryl methyl sites for hydroxylation is 1. The minimum Gasteiger partial charge on any atom is -0.419 e. The van der Waals surface area contributed by atoms with Crippen molar-refractivity contribution in [3.05, 3.63) is 38.4 Å². The van der Waals surface area contributed by atoms with Gasteiger partial charge in [0.05, 0.1) is 5.69 Å². The number of carbonyl (C=O) groups excluding carboxylic acids is 2. The van der Waals surface area contributed by atoms with E-state index in [1.807, 2.05) is 19.1 Å². The number of benzene rings is 1. The van der Waals surface area contributed by atoms with Crippen molar-refractivity contribution in [2.75, 3.05) is 5.32 Å². The summed E-state index contributed by atoms with van der Waals surface area (Å²) in [4.78, 5) is 23.6. The first-order chi connectivity index (χ1) is 9.69. The molecule has 1 saturated heterocycles. The van der Waals surface area contributed by atoms with E-state index in [-0.39, 0.29) is 5.57 Å². The summed E-state index contributed by atoms with van der Waals surface area (Å²) < 4.78 is 11.7. The molecule has 7 heteroatoms. The second-order valence-electron chi connectivity index (χ2n) is 4.96. The Kier molecular flexibility index (Phi) is 4.43. The van der Waals surface area contributed by atoms with Crippen molar-refractivity contribution < 1.29 is 19.1 Å². The van der Waals surface area contributed by atoms with Crippen LogP contribution in [0.5, 0.6) is 0 Å². The van der Waals surface area contributed by atoms with Crippen molar-refractivity contribution in [2.45, 2.75) is 26.6 Å². The van der Waals surface area contributed by atoms with Gasteiger partial charge >= 0.3 is 11.9 Å². The molecule has 5 nitrogen and oxygen atoms in total. The van der Waals surface area contributed by atoms with Gasteiger partial charge in [-0.05, 0) is 40.5 Å². The molecule has 1 aliphatic heterocycles. The molecule has 1 aromatic carbocycles. The van der Waals surface area contributed by atoms with Gasteiger partial charge in [0.25, 0.3) is 5.79 Å². The first kappa shape index (κ1) is 16.0. The van der Waals surface area contributed by atoms with Crippen LogP contribution in [0.4, 0.5) is 5.69 Å². The van der Waals surface area contributed by atoms with E-state index in [4.69, 9.17) is 9.47 Å². The molecule has 0 radical (unpaired) electrons. The van der Waals surface area contributed by atoms with Crippen molar-refractivity contribution in [3.8, 4) is 0 Å². The van der Waals surface area contributed by atoms with Gasteiger partial charge in [-0.2, -0.15) is 0 Å². The van der Waals surface area contributed by atoms with Crippen LogP contribution in [0.15, 0.2) is 32.9 Å². The summed E-state index contributed by atoms with van der Waals surface area (Å²) in [6.07, 6.45) is 1.28. The predicted octanol–water partition coefficient (Wildman–Crippen LogP) is 3.65. The number of hydrogen-bond acceptors (Lipinski definition) is 5. The zero-order valence-electron chi connectivity index (χ0n) is 11.6. The quantitative estimate of drug-likeness (QED) is 0.451. The summed E-state index contributed by atoms with van der Waals surface area (Å²) in [7, 11) is 0. The van der Waals surface area contributed by atoms with E-state index in [2.05, 4.69) is 37.2 Å². The Morgan fingerprint density at radius 3 is 2.24 bits per heavy atom. The van der Waals surface area contributed by atoms with E-state index >= 15 is 0 Å². The Morgan fingerprint density at radius 2 is 1.67 bits per heavy atom. The Bertz CT molecular complexity index is 631. The molecule has 1 fully saturated rings. The van der Waals surface area contributed by atoms with Crippen LogP contribution < -0.4 is 5.32 Å². The van der Waals surface area contributed by atoms with Gasteiger partial charge in [-0.3, -0.25) is 0 Å². The predicted molar refractivity (Wildman–Crippen MR) is 84.5 cm³/mol. The summed E-state index contributed by atoms with van der Waals surface area (Å²) in [5, 5.41) is 2.90. The van der Waals surface area contributed by atoms with Crippen LogP contribution >= 0.6 is 31.9 Å². The van der Waals surface area contributed by atoms with E-state index in [1.165, 1.54) is 20.0 Å². The third-order valence-corrected chi connectivity index (χ3v) is 4.25. The van der Waals surface area contributed by atoms with Crippen LogP contribution in [0.1, 0.15) is 19.4 Å². The van der Waals surface area contributed by atoms with E-state index in [9.17, 15) is 9.59 Å². The number of esters is 2. The summed E-state index contributed by atoms with van der Waals surface area (Å²) in [6.45, 7) is 4.95. The Hall–Kier alpha value is -1.34. The van der Waals surface area contributed by atoms with Crippen molar-refractivity contribution in [1.82, 2.24) is 0 Å². The van der Waals surface area contributed by atoms with E-state index < -0.39 is 17.7 Å². The van der Waals surface area contributed by atoms with Gasteiger partial charge < -0.3 is 14.8 Å². The molecular formula is C14H13Br2NO4. The fourth-order valence-corrected chi connectivity index (χ4v) is 2.60. The van der Waals surface area contributed by atoms with Crippen LogP contribution in [0.2, 0.25) is 0 Å². The number of cyclic esters (lactones) is 2. The minimum absolute atomic E-state index is 0.182. The average molecular weight is 419 g/mol. The molecule has 1 N–H and O–H groups in total. The lowest BCUT2D eigenvalue weighted by Crippen LogP contribution is -2.42. The number of halogens is 2. The molecular weight excluding hydrogens is 406 g/mol. The standard InChI is InChI=1S/C14H13Br2NO4/c1-7-4-10(16)11(5-9(7)15)17-6-8-12(18)20-14(2,3)21-13(8)19/h4-6,17H,1-3H3. The van der Waals surface area contributed by atoms with E-state index in [0.29, 0.717) is 5.69 Å². The van der Waals surface area contributed by atoms with Gasteiger partial charge in [0.2, 0.25) is 0 Å². The summed E-state index contributed by atoms with van der Waals surface area (Å²) in [5.74, 6) is -2.67. The Labute approximate surface area is 138 Å². The molecule has 1 aliphatic rings. The molecule has 0 unspecified atom stereocenters. The van der Waals surface area contributed by atoms with Gasteiger partial charge in [0.15, 0.2) is 5.57 Å². The second-order valence-corrected chi connectivity index (χ2v) is 6.67. The highest BCUT2D eigenvalue weighted by Crippen LogP contribution is 2.30. The summed E-state index contributed by atoms with van der Waals surface area (Å²) >= 11 is 6.83. The second kappa shape index (κ2) is 5.81. The van der Waals surface area contributed by atoms with Crippen LogP contribution in [-0.4, -0.2) is 17.7 Å². The van der Waals surface area contributed by atoms with Gasteiger partial charge in [0, 0.05) is 29.0 Å². The minimum atomic E-state index is -1.24. The zero-order valence-corrected chi connectivity index (χ0v) is 14.8. The molecule has 0 aromatic heterocycles. The van der Waals surface area contributed by atoms with Crippen LogP contribution in [-0.2, 0) is 19.1 Å². The third kappa shape index (κ3) is 3.65. The topological polar surface area (TPSA) is 64.6 Å². The van der Waals surface area contributed by atoms with Crippen LogP contribution in [0.3, 0.4) is 0 Å². The monoisotopic (exact) mass is 417 g/mol. The molecule has 0 amide bonds. The van der Waals surface area contributed by atoms with Crippen molar-refractivity contribution in [3.63, 3.8) is 0 Å². The molecule has 0 saturated carbocycles. The fraction of sp³-hybridized carbons (Fsp3) is 0.286. The molecule has 0 aliphatic carbocycles. The number of hydrogen-bond donors (Lipinski definition) is 1. The smallest absolute Gasteiger partial charge is 0.350 e. The largest absolute Gasteiger partial charge is 0.419 e. The SMILES string of the molecule is Cc1cc(Br)c(NC=C2C(=O)OC(C)(C)OC2=O)cc1Br. The molecule has 0 atom stereocenters. The molecule has 1 heterocycles. The molecule has 1 aromatic rings. The lowest BCUT2D eigenvalue weighted by Gasteiger charge is -2.29. The molecule has 0 bridgehead atoms. The molecule has 2 rings (SSSR count). The summed E-state index contributed by atoms with van der Waals surface area (Å²) in [5.41, 5.74) is 1.57. The van der Waals surface area contributed by atoms with Crippen molar-refractivity contribution >= 4 is 49.5 Å². The Balaban J connectivity index is 2.24. The maximum absolute atomic E-state index is 11.8. The number of nitrogens with one attached hydrogen (secondary N) is 1.